The Morgan fingerprint density at radius 2 is 1.84 bits per heavy atom. The summed E-state index contributed by atoms with van der Waals surface area (Å²) >= 11 is 0. The number of para-hydroxylation sites is 1. The minimum Gasteiger partial charge on any atom is -0.394 e. The molecule has 0 saturated carbocycles. The first kappa shape index (κ1) is 36.2. The fourth-order valence-corrected chi connectivity index (χ4v) is 11.3. The predicted molar refractivity (Wildman–Crippen MR) is 198 cm³/mol. The van der Waals surface area contributed by atoms with E-state index in [4.69, 9.17) is 4.74 Å². The number of hydrogen-bond acceptors (Lipinski definition) is 5. The number of amides is 3. The third-order valence-electron chi connectivity index (χ3n) is 11.3. The highest BCUT2D eigenvalue weighted by Crippen LogP contribution is 2.61. The van der Waals surface area contributed by atoms with Crippen LogP contribution in [0, 0.1) is 5.92 Å². The van der Waals surface area contributed by atoms with E-state index in [0.29, 0.717) is 42.9 Å². The van der Waals surface area contributed by atoms with E-state index < -0.39 is 31.6 Å². The fraction of sp³-hybridized carbons (Fsp3) is 0.525. The van der Waals surface area contributed by atoms with Crippen LogP contribution in [0.2, 0.25) is 18.6 Å². The summed E-state index contributed by atoms with van der Waals surface area (Å²) in [4.78, 5) is 47.4. The zero-order valence-electron chi connectivity index (χ0n) is 30.4. The van der Waals surface area contributed by atoms with Gasteiger partial charge in [0.15, 0.2) is 5.60 Å². The Hall–Kier alpha value is -3.60. The Kier molecular flexibility index (Phi) is 10.3. The number of ether oxygens (including phenoxy) is 1. The second-order valence-electron chi connectivity index (χ2n) is 15.4. The van der Waals surface area contributed by atoms with Crippen LogP contribution in [-0.2, 0) is 31.1 Å². The summed E-state index contributed by atoms with van der Waals surface area (Å²) in [6, 6.07) is 13.3. The first-order valence-electron chi connectivity index (χ1n) is 18.2. The number of rotatable bonds is 10. The lowest BCUT2D eigenvalue weighted by Crippen LogP contribution is -2.45. The summed E-state index contributed by atoms with van der Waals surface area (Å²) in [6.07, 6.45) is 7.74. The molecule has 4 aliphatic heterocycles. The van der Waals surface area contributed by atoms with E-state index in [2.05, 4.69) is 32.9 Å². The highest BCUT2D eigenvalue weighted by atomic mass is 28.4. The molecule has 8 nitrogen and oxygen atoms in total. The van der Waals surface area contributed by atoms with Gasteiger partial charge in [-0.15, -0.1) is 0 Å². The van der Waals surface area contributed by atoms with Crippen LogP contribution in [0.1, 0.15) is 77.3 Å². The van der Waals surface area contributed by atoms with Gasteiger partial charge < -0.3 is 23.8 Å². The van der Waals surface area contributed by atoms with Crippen molar-refractivity contribution >= 4 is 43.2 Å². The highest BCUT2D eigenvalue weighted by molar-refractivity contribution is 6.72. The maximum atomic E-state index is 16.5. The van der Waals surface area contributed by atoms with Crippen molar-refractivity contribution in [2.45, 2.75) is 109 Å². The molecule has 1 N–H and O–H groups in total. The lowest BCUT2D eigenvalue weighted by Gasteiger charge is -2.32. The maximum absolute atomic E-state index is 16.5. The number of aliphatic hydroxyl groups is 1. The van der Waals surface area contributed by atoms with Gasteiger partial charge in [0.1, 0.15) is 0 Å². The molecule has 4 aliphatic rings. The van der Waals surface area contributed by atoms with Gasteiger partial charge in [-0.05, 0) is 95.8 Å². The molecule has 4 heterocycles. The Morgan fingerprint density at radius 3 is 2.56 bits per heavy atom. The van der Waals surface area contributed by atoms with Crippen LogP contribution in [0.5, 0.6) is 0 Å². The number of anilines is 3. The number of likely N-dealkylation sites (tertiary alicyclic amines) is 1. The molecular formula is C40H52FN3O5Si. The Balaban J connectivity index is 1.43. The summed E-state index contributed by atoms with van der Waals surface area (Å²) in [5.41, 5.74) is 4.08. The van der Waals surface area contributed by atoms with Crippen LogP contribution >= 0.6 is 0 Å². The van der Waals surface area contributed by atoms with E-state index >= 15 is 4.11 Å². The van der Waals surface area contributed by atoms with Crippen LogP contribution in [0.15, 0.2) is 65.8 Å². The van der Waals surface area contributed by atoms with E-state index in [1.165, 1.54) is 5.57 Å². The van der Waals surface area contributed by atoms with Crippen molar-refractivity contribution in [2.75, 3.05) is 29.5 Å². The van der Waals surface area contributed by atoms with E-state index in [0.717, 1.165) is 42.5 Å². The van der Waals surface area contributed by atoms with Crippen LogP contribution in [0.3, 0.4) is 0 Å². The number of allylic oxidation sites excluding steroid dienone is 3. The van der Waals surface area contributed by atoms with Crippen LogP contribution in [-0.4, -0.2) is 68.0 Å². The second-order valence-corrected chi connectivity index (χ2v) is 19.2. The van der Waals surface area contributed by atoms with E-state index in [1.807, 2.05) is 49.4 Å². The van der Waals surface area contributed by atoms with Gasteiger partial charge >= 0.3 is 0 Å². The van der Waals surface area contributed by atoms with Gasteiger partial charge in [0.25, 0.3) is 5.91 Å². The lowest BCUT2D eigenvalue weighted by atomic mass is 9.82. The van der Waals surface area contributed by atoms with Gasteiger partial charge in [-0.25, -0.2) is 0 Å². The number of aliphatic hydroxyl groups excluding tert-OH is 1. The van der Waals surface area contributed by atoms with E-state index in [-0.39, 0.29) is 36.8 Å². The quantitative estimate of drug-likeness (QED) is 0.158. The standard InChI is InChI=1S/C40H52FN3O5Si/c1-26(2)11-9-12-27(3)20-22-43-34-18-17-30(44-33-15-8-7-13-29(33)16-19-36(44)46)23-32(34)40(39(43)48)28(4)38(50(5,6)41)35(49-40)24-37(47)42-21-10-14-31(42)25-45/h7-8,11,13,15,17-18,20,23,28,31,35,38,45H,9-10,12,14,16,19,21-22,24-25H2,1-6H3/b27-20+/t28-,31+,35+,38-,40+/m1/s1. The van der Waals surface area contributed by atoms with Crippen LogP contribution in [0.4, 0.5) is 21.2 Å². The van der Waals surface area contributed by atoms with Crippen LogP contribution < -0.4 is 9.80 Å². The SMILES string of the molecule is CC(C)=CCC/C(C)=C/CN1C(=O)[C@@]2(O[C@@H](CC(=O)N3CCC[C@H]3CO)[C@H]([Si](C)(C)F)[C@H]2C)c2cc(N3C(=O)CCc4ccccc43)ccc21. The molecule has 2 aromatic rings. The zero-order chi connectivity index (χ0) is 36.0. The summed E-state index contributed by atoms with van der Waals surface area (Å²) in [5.74, 6) is -1.04. The third-order valence-corrected chi connectivity index (χ3v) is 13.7. The number of nitrogens with zero attached hydrogens (tertiary/aromatic N) is 3. The molecule has 0 bridgehead atoms. The average Bonchev–Trinajstić information content (AvgIpc) is 3.73. The Morgan fingerprint density at radius 1 is 1.08 bits per heavy atom. The number of fused-ring (bicyclic) bond motifs is 3. The monoisotopic (exact) mass is 701 g/mol. The van der Waals surface area contributed by atoms with E-state index in [9.17, 15) is 19.5 Å². The molecule has 0 unspecified atom stereocenters. The molecule has 5 atom stereocenters. The predicted octanol–water partition coefficient (Wildman–Crippen LogP) is 7.49. The van der Waals surface area contributed by atoms with Gasteiger partial charge in [0.05, 0.1) is 36.5 Å². The Bertz CT molecular complexity index is 1710. The largest absolute Gasteiger partial charge is 0.394 e. The van der Waals surface area contributed by atoms with Gasteiger partial charge in [-0.3, -0.25) is 19.3 Å². The molecule has 6 rings (SSSR count). The van der Waals surface area contributed by atoms with Gasteiger partial charge in [-0.1, -0.05) is 48.4 Å². The van der Waals surface area contributed by atoms with Crippen molar-refractivity contribution in [3.8, 4) is 0 Å². The smallest absolute Gasteiger partial charge is 0.264 e. The van der Waals surface area contributed by atoms with Crippen molar-refractivity contribution in [3.63, 3.8) is 0 Å². The summed E-state index contributed by atoms with van der Waals surface area (Å²) < 4.78 is 23.4. The topological polar surface area (TPSA) is 90.4 Å². The van der Waals surface area contributed by atoms with Gasteiger partial charge in [0.2, 0.25) is 20.2 Å². The molecule has 2 saturated heterocycles. The number of carbonyl (C=O) groups is 3. The van der Waals surface area contributed by atoms with Crippen molar-refractivity contribution in [1.29, 1.82) is 0 Å². The molecule has 10 heteroatoms. The normalized spacial score (nSPS) is 26.6. The molecule has 268 valence electrons. The molecule has 3 amide bonds. The summed E-state index contributed by atoms with van der Waals surface area (Å²) in [5, 5.41) is 9.92. The Labute approximate surface area is 297 Å². The van der Waals surface area contributed by atoms with Crippen molar-refractivity contribution in [2.24, 2.45) is 5.92 Å². The molecule has 50 heavy (non-hydrogen) atoms. The maximum Gasteiger partial charge on any atom is 0.264 e. The first-order valence-corrected chi connectivity index (χ1v) is 21.2. The number of hydrogen-bond donors (Lipinski definition) is 1. The minimum atomic E-state index is -3.51. The lowest BCUT2D eigenvalue weighted by molar-refractivity contribution is -0.149. The summed E-state index contributed by atoms with van der Waals surface area (Å²) in [7, 11) is -3.51. The number of benzene rings is 2. The highest BCUT2D eigenvalue weighted by Gasteiger charge is 2.67. The average molecular weight is 702 g/mol. The van der Waals surface area contributed by atoms with Crippen molar-refractivity contribution in [1.82, 2.24) is 4.90 Å². The zero-order valence-corrected chi connectivity index (χ0v) is 31.4. The van der Waals surface area contributed by atoms with E-state index in [1.54, 1.807) is 27.8 Å². The molecule has 2 fully saturated rings. The number of aryl methyl sites for hydroxylation is 1. The summed E-state index contributed by atoms with van der Waals surface area (Å²) in [6.45, 7) is 12.2. The second kappa shape index (κ2) is 14.2. The number of carbonyl (C=O) groups excluding carboxylic acids is 3. The molecule has 0 aliphatic carbocycles. The van der Waals surface area contributed by atoms with Gasteiger partial charge in [-0.2, -0.15) is 0 Å². The third kappa shape index (κ3) is 6.50. The molecule has 2 aromatic carbocycles. The van der Waals surface area contributed by atoms with Gasteiger partial charge in [0, 0.05) is 42.2 Å². The molecule has 1 spiro atoms. The number of halogens is 1. The van der Waals surface area contributed by atoms with Crippen molar-refractivity contribution in [3.05, 3.63) is 76.9 Å². The van der Waals surface area contributed by atoms with Crippen LogP contribution in [0.25, 0.3) is 0 Å². The molecule has 0 radical (unpaired) electrons. The fourth-order valence-electron chi connectivity index (χ4n) is 8.85. The van der Waals surface area contributed by atoms with Crippen molar-refractivity contribution < 1.29 is 28.3 Å². The molecular weight excluding hydrogens is 650 g/mol. The molecule has 0 aromatic heterocycles. The minimum absolute atomic E-state index is 0.0307. The first-order chi connectivity index (χ1) is 23.8.